The van der Waals surface area contributed by atoms with E-state index < -0.39 is 0 Å². The van der Waals surface area contributed by atoms with Crippen LogP contribution in [0.15, 0.2) is 24.3 Å². The molecule has 1 amide bonds. The Bertz CT molecular complexity index is 502. The van der Waals surface area contributed by atoms with Crippen LogP contribution in [0, 0.1) is 5.92 Å². The van der Waals surface area contributed by atoms with Crippen LogP contribution in [0.3, 0.4) is 0 Å². The molecule has 0 spiro atoms. The van der Waals surface area contributed by atoms with E-state index in [1.165, 1.54) is 6.42 Å². The van der Waals surface area contributed by atoms with Crippen molar-refractivity contribution < 1.29 is 4.79 Å². The standard InChI is InChI=1S/C16H23N3O/c1-18-8-7-12(10-18)11-19(2)16(20)14-9-17-15-6-4-3-5-13(14)15/h3-6,12,14,17H,7-11H2,1-2H3. The van der Waals surface area contributed by atoms with Crippen LogP contribution in [-0.2, 0) is 4.79 Å². The van der Waals surface area contributed by atoms with E-state index in [4.69, 9.17) is 0 Å². The van der Waals surface area contributed by atoms with Gasteiger partial charge in [-0.05, 0) is 37.6 Å². The normalized spacial score (nSPS) is 25.3. The minimum absolute atomic E-state index is 0.0182. The lowest BCUT2D eigenvalue weighted by molar-refractivity contribution is -0.131. The first kappa shape index (κ1) is 13.4. The zero-order chi connectivity index (χ0) is 14.1. The molecule has 0 aliphatic carbocycles. The number of nitrogens with zero attached hydrogens (tertiary/aromatic N) is 2. The van der Waals surface area contributed by atoms with Crippen molar-refractivity contribution in [1.29, 1.82) is 0 Å². The molecule has 2 atom stereocenters. The van der Waals surface area contributed by atoms with Crippen molar-refractivity contribution in [2.75, 3.05) is 45.6 Å². The molecule has 1 aromatic carbocycles. The van der Waals surface area contributed by atoms with Crippen LogP contribution in [0.25, 0.3) is 0 Å². The number of benzene rings is 1. The van der Waals surface area contributed by atoms with Gasteiger partial charge in [0.25, 0.3) is 0 Å². The van der Waals surface area contributed by atoms with Gasteiger partial charge in [0.2, 0.25) is 5.91 Å². The van der Waals surface area contributed by atoms with Crippen LogP contribution < -0.4 is 5.32 Å². The summed E-state index contributed by atoms with van der Waals surface area (Å²) in [6, 6.07) is 8.14. The van der Waals surface area contributed by atoms with Crippen molar-refractivity contribution in [2.24, 2.45) is 5.92 Å². The highest BCUT2D eigenvalue weighted by molar-refractivity contribution is 5.88. The number of anilines is 1. The fourth-order valence-corrected chi connectivity index (χ4v) is 3.42. The van der Waals surface area contributed by atoms with Gasteiger partial charge in [0, 0.05) is 32.4 Å². The van der Waals surface area contributed by atoms with Crippen LogP contribution in [0.2, 0.25) is 0 Å². The molecule has 1 N–H and O–H groups in total. The van der Waals surface area contributed by atoms with E-state index in [1.807, 2.05) is 24.1 Å². The number of fused-ring (bicyclic) bond motifs is 1. The average Bonchev–Trinajstić information content (AvgIpc) is 3.04. The molecule has 3 rings (SSSR count). The first-order chi connectivity index (χ1) is 9.65. The molecule has 4 nitrogen and oxygen atoms in total. The molecule has 0 saturated carbocycles. The molecule has 2 aliphatic heterocycles. The Balaban J connectivity index is 1.64. The third-order valence-corrected chi connectivity index (χ3v) is 4.53. The summed E-state index contributed by atoms with van der Waals surface area (Å²) in [4.78, 5) is 16.9. The average molecular weight is 273 g/mol. The van der Waals surface area contributed by atoms with Gasteiger partial charge in [0.1, 0.15) is 0 Å². The van der Waals surface area contributed by atoms with Crippen LogP contribution >= 0.6 is 0 Å². The van der Waals surface area contributed by atoms with Gasteiger partial charge in [-0.3, -0.25) is 4.79 Å². The van der Waals surface area contributed by atoms with E-state index in [2.05, 4.69) is 29.4 Å². The van der Waals surface area contributed by atoms with Crippen LogP contribution in [0.5, 0.6) is 0 Å². The Kier molecular flexibility index (Phi) is 3.66. The lowest BCUT2D eigenvalue weighted by atomic mass is 9.99. The zero-order valence-electron chi connectivity index (χ0n) is 12.3. The van der Waals surface area contributed by atoms with E-state index in [-0.39, 0.29) is 11.8 Å². The second-order valence-corrected chi connectivity index (χ2v) is 6.16. The predicted octanol–water partition coefficient (Wildman–Crippen LogP) is 1.61. The summed E-state index contributed by atoms with van der Waals surface area (Å²) in [5.41, 5.74) is 2.26. The molecule has 1 fully saturated rings. The molecular weight excluding hydrogens is 250 g/mol. The lowest BCUT2D eigenvalue weighted by Gasteiger charge is -2.24. The third kappa shape index (κ3) is 2.52. The van der Waals surface area contributed by atoms with Crippen molar-refractivity contribution in [3.8, 4) is 0 Å². The van der Waals surface area contributed by atoms with Crippen molar-refractivity contribution >= 4 is 11.6 Å². The number of likely N-dealkylation sites (tertiary alicyclic amines) is 1. The molecule has 2 aliphatic rings. The quantitative estimate of drug-likeness (QED) is 0.909. The minimum atomic E-state index is -0.0182. The smallest absolute Gasteiger partial charge is 0.231 e. The fraction of sp³-hybridized carbons (Fsp3) is 0.562. The molecule has 20 heavy (non-hydrogen) atoms. The van der Waals surface area contributed by atoms with Gasteiger partial charge in [-0.1, -0.05) is 18.2 Å². The topological polar surface area (TPSA) is 35.6 Å². The van der Waals surface area contributed by atoms with Crippen LogP contribution in [0.4, 0.5) is 5.69 Å². The van der Waals surface area contributed by atoms with Gasteiger partial charge in [-0.2, -0.15) is 0 Å². The third-order valence-electron chi connectivity index (χ3n) is 4.53. The Labute approximate surface area is 120 Å². The van der Waals surface area contributed by atoms with E-state index in [0.717, 1.165) is 37.4 Å². The Hall–Kier alpha value is -1.55. The zero-order valence-corrected chi connectivity index (χ0v) is 12.3. The molecule has 1 aromatic rings. The number of para-hydroxylation sites is 1. The fourth-order valence-electron chi connectivity index (χ4n) is 3.42. The maximum absolute atomic E-state index is 12.6. The molecule has 2 heterocycles. The highest BCUT2D eigenvalue weighted by Crippen LogP contribution is 2.32. The molecule has 0 bridgehead atoms. The first-order valence-corrected chi connectivity index (χ1v) is 7.41. The van der Waals surface area contributed by atoms with Gasteiger partial charge >= 0.3 is 0 Å². The summed E-state index contributed by atoms with van der Waals surface area (Å²) in [6.45, 7) is 3.87. The summed E-state index contributed by atoms with van der Waals surface area (Å²) in [6.07, 6.45) is 1.20. The SMILES string of the molecule is CN1CCC(CN(C)C(=O)C2CNc3ccccc32)C1. The largest absolute Gasteiger partial charge is 0.384 e. The van der Waals surface area contributed by atoms with E-state index in [9.17, 15) is 4.79 Å². The van der Waals surface area contributed by atoms with Gasteiger partial charge in [0.05, 0.1) is 5.92 Å². The number of hydrogen-bond donors (Lipinski definition) is 1. The molecule has 2 unspecified atom stereocenters. The summed E-state index contributed by atoms with van der Waals surface area (Å²) in [5, 5.41) is 3.33. The van der Waals surface area contributed by atoms with Gasteiger partial charge < -0.3 is 15.1 Å². The van der Waals surface area contributed by atoms with Crippen molar-refractivity contribution in [3.63, 3.8) is 0 Å². The number of amides is 1. The number of rotatable bonds is 3. The second kappa shape index (κ2) is 5.44. The van der Waals surface area contributed by atoms with E-state index in [0.29, 0.717) is 5.92 Å². The Morgan fingerprint density at radius 3 is 3.00 bits per heavy atom. The number of likely N-dealkylation sites (N-methyl/N-ethyl adjacent to an activating group) is 1. The molecule has 4 heteroatoms. The molecule has 108 valence electrons. The summed E-state index contributed by atoms with van der Waals surface area (Å²) >= 11 is 0. The highest BCUT2D eigenvalue weighted by Gasteiger charge is 2.31. The first-order valence-electron chi connectivity index (χ1n) is 7.41. The molecular formula is C16H23N3O. The van der Waals surface area contributed by atoms with Crippen molar-refractivity contribution in [3.05, 3.63) is 29.8 Å². The van der Waals surface area contributed by atoms with Crippen molar-refractivity contribution in [1.82, 2.24) is 9.80 Å². The number of carbonyl (C=O) groups is 1. The molecule has 0 aromatic heterocycles. The van der Waals surface area contributed by atoms with Gasteiger partial charge in [-0.15, -0.1) is 0 Å². The summed E-state index contributed by atoms with van der Waals surface area (Å²) in [7, 11) is 4.10. The van der Waals surface area contributed by atoms with E-state index >= 15 is 0 Å². The Morgan fingerprint density at radius 2 is 2.25 bits per heavy atom. The summed E-state index contributed by atoms with van der Waals surface area (Å²) in [5.74, 6) is 0.853. The van der Waals surface area contributed by atoms with E-state index in [1.54, 1.807) is 0 Å². The summed E-state index contributed by atoms with van der Waals surface area (Å²) < 4.78 is 0. The second-order valence-electron chi connectivity index (χ2n) is 6.16. The maximum Gasteiger partial charge on any atom is 0.231 e. The molecule has 0 radical (unpaired) electrons. The maximum atomic E-state index is 12.6. The van der Waals surface area contributed by atoms with Crippen LogP contribution in [-0.4, -0.2) is 56.0 Å². The lowest BCUT2D eigenvalue weighted by Crippen LogP contribution is -2.36. The highest BCUT2D eigenvalue weighted by atomic mass is 16.2. The number of nitrogens with one attached hydrogen (secondary N) is 1. The van der Waals surface area contributed by atoms with Crippen LogP contribution in [0.1, 0.15) is 17.9 Å². The number of hydrogen-bond acceptors (Lipinski definition) is 3. The molecule has 1 saturated heterocycles. The minimum Gasteiger partial charge on any atom is -0.384 e. The number of carbonyl (C=O) groups excluding carboxylic acids is 1. The Morgan fingerprint density at radius 1 is 1.45 bits per heavy atom. The van der Waals surface area contributed by atoms with Crippen molar-refractivity contribution in [2.45, 2.75) is 12.3 Å². The van der Waals surface area contributed by atoms with Gasteiger partial charge in [0.15, 0.2) is 0 Å². The monoisotopic (exact) mass is 273 g/mol. The predicted molar refractivity (Wildman–Crippen MR) is 80.9 cm³/mol. The van der Waals surface area contributed by atoms with Gasteiger partial charge in [-0.25, -0.2) is 0 Å².